The zero-order valence-corrected chi connectivity index (χ0v) is 16.7. The van der Waals surface area contributed by atoms with Crippen LogP contribution >= 0.6 is 11.8 Å². The monoisotopic (exact) mass is 420 g/mol. The second kappa shape index (κ2) is 8.99. The fourth-order valence-corrected chi connectivity index (χ4v) is 4.28. The van der Waals surface area contributed by atoms with Gasteiger partial charge >= 0.3 is 11.9 Å². The Morgan fingerprint density at radius 1 is 1.24 bits per heavy atom. The van der Waals surface area contributed by atoms with Crippen molar-refractivity contribution in [2.75, 3.05) is 26.1 Å². The van der Waals surface area contributed by atoms with Crippen LogP contribution < -0.4 is 10.1 Å². The lowest BCUT2D eigenvalue weighted by Crippen LogP contribution is -2.71. The third-order valence-corrected chi connectivity index (χ3v) is 5.64. The summed E-state index contributed by atoms with van der Waals surface area (Å²) in [6, 6.07) is 8.07. The number of nitrogens with one attached hydrogen (secondary N) is 1. The minimum absolute atomic E-state index is 0.0635. The maximum atomic E-state index is 12.6. The maximum Gasteiger partial charge on any atom is 0.354 e. The Labute approximate surface area is 171 Å². The quantitative estimate of drug-likeness (QED) is 0.500. The predicted molar refractivity (Wildman–Crippen MR) is 103 cm³/mol. The Morgan fingerprint density at radius 3 is 2.62 bits per heavy atom. The van der Waals surface area contributed by atoms with Crippen molar-refractivity contribution in [2.24, 2.45) is 0 Å². The first-order valence-corrected chi connectivity index (χ1v) is 9.83. The molecule has 29 heavy (non-hydrogen) atoms. The lowest BCUT2D eigenvalue weighted by molar-refractivity contribution is -0.152. The van der Waals surface area contributed by atoms with Gasteiger partial charge in [0, 0.05) is 18.2 Å². The Balaban J connectivity index is 1.65. The van der Waals surface area contributed by atoms with E-state index >= 15 is 0 Å². The van der Waals surface area contributed by atoms with Gasteiger partial charge in [-0.3, -0.25) is 19.3 Å². The summed E-state index contributed by atoms with van der Waals surface area (Å²) in [4.78, 5) is 49.4. The molecule has 1 aromatic rings. The van der Waals surface area contributed by atoms with E-state index in [2.05, 4.69) is 5.32 Å². The lowest BCUT2D eigenvalue weighted by Gasteiger charge is -2.49. The number of rotatable bonds is 7. The van der Waals surface area contributed by atoms with E-state index in [1.54, 1.807) is 24.3 Å². The molecule has 0 aromatic heterocycles. The van der Waals surface area contributed by atoms with Crippen molar-refractivity contribution >= 4 is 35.5 Å². The number of amides is 2. The SMILES string of the molecule is COC(=O)C1=C(COC(C)=O)CS[C@@H]2[C@H](NC(=O)COc3ccccc3)C(=O)N12. The number of hydrogen-bond acceptors (Lipinski definition) is 8. The number of thioether (sulfide) groups is 1. The number of hydrogen-bond donors (Lipinski definition) is 1. The number of fused-ring (bicyclic) bond motifs is 1. The molecule has 0 spiro atoms. The molecular formula is C19H20N2O7S. The zero-order valence-electron chi connectivity index (χ0n) is 15.9. The summed E-state index contributed by atoms with van der Waals surface area (Å²) in [5.74, 6) is -1.16. The van der Waals surface area contributed by atoms with Gasteiger partial charge < -0.3 is 19.5 Å². The van der Waals surface area contributed by atoms with E-state index < -0.39 is 35.2 Å². The minimum atomic E-state index is -0.776. The van der Waals surface area contributed by atoms with Crippen LogP contribution in [0, 0.1) is 0 Å². The maximum absolute atomic E-state index is 12.6. The summed E-state index contributed by atoms with van der Waals surface area (Å²) in [5, 5.41) is 2.20. The first kappa shape index (κ1) is 20.7. The third kappa shape index (κ3) is 4.53. The van der Waals surface area contributed by atoms with E-state index in [4.69, 9.17) is 14.2 Å². The van der Waals surface area contributed by atoms with E-state index in [-0.39, 0.29) is 18.9 Å². The molecule has 1 N–H and O–H groups in total. The molecule has 2 atom stereocenters. The molecule has 0 saturated carbocycles. The van der Waals surface area contributed by atoms with Gasteiger partial charge in [-0.05, 0) is 12.1 Å². The fourth-order valence-electron chi connectivity index (χ4n) is 2.95. The number of ether oxygens (including phenoxy) is 3. The highest BCUT2D eigenvalue weighted by Crippen LogP contribution is 2.40. The van der Waals surface area contributed by atoms with Crippen LogP contribution in [0.4, 0.5) is 0 Å². The normalized spacial score (nSPS) is 20.3. The summed E-state index contributed by atoms with van der Waals surface area (Å²) in [7, 11) is 1.21. The molecule has 1 saturated heterocycles. The van der Waals surface area contributed by atoms with Crippen molar-refractivity contribution in [3.8, 4) is 5.75 Å². The Bertz CT molecular complexity index is 855. The van der Waals surface area contributed by atoms with Crippen LogP contribution in [0.3, 0.4) is 0 Å². The summed E-state index contributed by atoms with van der Waals surface area (Å²) in [5.41, 5.74) is 0.548. The first-order chi connectivity index (χ1) is 13.9. The average molecular weight is 420 g/mol. The molecule has 0 aliphatic carbocycles. The van der Waals surface area contributed by atoms with E-state index in [1.807, 2.05) is 6.07 Å². The Morgan fingerprint density at radius 2 is 1.97 bits per heavy atom. The predicted octanol–water partition coefficient (Wildman–Crippen LogP) is 0.455. The molecule has 0 unspecified atom stereocenters. The van der Waals surface area contributed by atoms with Crippen molar-refractivity contribution in [1.29, 1.82) is 0 Å². The number of methoxy groups -OCH3 is 1. The summed E-state index contributed by atoms with van der Waals surface area (Å²) in [6.45, 7) is 0.919. The molecule has 10 heteroatoms. The second-order valence-corrected chi connectivity index (χ2v) is 7.39. The van der Waals surface area contributed by atoms with Crippen LogP contribution in [-0.2, 0) is 28.7 Å². The fraction of sp³-hybridized carbons (Fsp3) is 0.368. The topological polar surface area (TPSA) is 111 Å². The van der Waals surface area contributed by atoms with Gasteiger partial charge in [-0.15, -0.1) is 11.8 Å². The van der Waals surface area contributed by atoms with Gasteiger partial charge in [0.2, 0.25) is 0 Å². The van der Waals surface area contributed by atoms with Crippen molar-refractivity contribution in [2.45, 2.75) is 18.3 Å². The van der Waals surface area contributed by atoms with Gasteiger partial charge in [-0.2, -0.15) is 0 Å². The summed E-state index contributed by atoms with van der Waals surface area (Å²) in [6.07, 6.45) is 0. The smallest absolute Gasteiger partial charge is 0.354 e. The second-order valence-electron chi connectivity index (χ2n) is 6.28. The molecule has 1 aromatic carbocycles. The Kier molecular flexibility index (Phi) is 6.42. The summed E-state index contributed by atoms with van der Waals surface area (Å²) >= 11 is 1.37. The van der Waals surface area contributed by atoms with Crippen molar-refractivity contribution < 1.29 is 33.4 Å². The zero-order chi connectivity index (χ0) is 21.0. The van der Waals surface area contributed by atoms with Crippen LogP contribution in [0.1, 0.15) is 6.92 Å². The number of para-hydroxylation sites is 1. The highest BCUT2D eigenvalue weighted by Gasteiger charge is 2.54. The lowest BCUT2D eigenvalue weighted by atomic mass is 10.0. The first-order valence-electron chi connectivity index (χ1n) is 8.78. The molecule has 2 heterocycles. The highest BCUT2D eigenvalue weighted by atomic mass is 32.2. The number of carbonyl (C=O) groups is 4. The number of benzene rings is 1. The molecule has 1 fully saturated rings. The van der Waals surface area contributed by atoms with Crippen LogP contribution in [0.15, 0.2) is 41.6 Å². The molecular weight excluding hydrogens is 400 g/mol. The van der Waals surface area contributed by atoms with Crippen molar-refractivity contribution in [3.05, 3.63) is 41.6 Å². The number of β-lactam (4-membered cyclic amide) rings is 1. The van der Waals surface area contributed by atoms with Crippen molar-refractivity contribution in [1.82, 2.24) is 10.2 Å². The molecule has 2 aliphatic rings. The third-order valence-electron chi connectivity index (χ3n) is 4.31. The standard InChI is InChI=1S/C19H20N2O7S/c1-11(22)27-8-12-10-29-18-15(17(24)21(18)16(12)19(25)26-2)20-14(23)9-28-13-6-4-3-5-7-13/h3-7,15,18H,8-10H2,1-2H3,(H,20,23)/t15-,18-/m1/s1. The molecule has 2 amide bonds. The molecule has 0 radical (unpaired) electrons. The van der Waals surface area contributed by atoms with Gasteiger partial charge in [0.25, 0.3) is 11.8 Å². The van der Waals surface area contributed by atoms with Crippen LogP contribution in [0.25, 0.3) is 0 Å². The van der Waals surface area contributed by atoms with Crippen LogP contribution in [0.5, 0.6) is 5.75 Å². The van der Waals surface area contributed by atoms with E-state index in [0.717, 1.165) is 0 Å². The van der Waals surface area contributed by atoms with Gasteiger partial charge in [-0.25, -0.2) is 4.79 Å². The highest BCUT2D eigenvalue weighted by molar-refractivity contribution is 8.00. The number of esters is 2. The number of nitrogens with zero attached hydrogens (tertiary/aromatic N) is 1. The minimum Gasteiger partial charge on any atom is -0.484 e. The van der Waals surface area contributed by atoms with Crippen LogP contribution in [-0.4, -0.2) is 66.1 Å². The largest absolute Gasteiger partial charge is 0.484 e. The van der Waals surface area contributed by atoms with E-state index in [1.165, 1.54) is 30.7 Å². The molecule has 3 rings (SSSR count). The number of carbonyl (C=O) groups excluding carboxylic acids is 4. The van der Waals surface area contributed by atoms with E-state index in [0.29, 0.717) is 17.1 Å². The van der Waals surface area contributed by atoms with Crippen LogP contribution in [0.2, 0.25) is 0 Å². The molecule has 0 bridgehead atoms. The van der Waals surface area contributed by atoms with Crippen molar-refractivity contribution in [3.63, 3.8) is 0 Å². The van der Waals surface area contributed by atoms with Gasteiger partial charge in [0.15, 0.2) is 6.61 Å². The van der Waals surface area contributed by atoms with Gasteiger partial charge in [0.05, 0.1) is 7.11 Å². The summed E-state index contributed by atoms with van der Waals surface area (Å²) < 4.78 is 15.1. The van der Waals surface area contributed by atoms with E-state index in [9.17, 15) is 19.2 Å². The molecule has 154 valence electrons. The average Bonchev–Trinajstić information content (AvgIpc) is 2.73. The molecule has 9 nitrogen and oxygen atoms in total. The van der Waals surface area contributed by atoms with Gasteiger partial charge in [-0.1, -0.05) is 18.2 Å². The molecule has 2 aliphatic heterocycles. The van der Waals surface area contributed by atoms with Gasteiger partial charge in [0.1, 0.15) is 29.5 Å². The Hall–Kier alpha value is -3.01.